The molecule has 0 bridgehead atoms. The third-order valence-corrected chi connectivity index (χ3v) is 4.65. The molecule has 0 radical (unpaired) electrons. The second kappa shape index (κ2) is 6.29. The van der Waals surface area contributed by atoms with Crippen molar-refractivity contribution in [2.45, 2.75) is 13.3 Å². The van der Waals surface area contributed by atoms with E-state index in [1.807, 2.05) is 6.07 Å². The van der Waals surface area contributed by atoms with Gasteiger partial charge in [-0.25, -0.2) is 9.37 Å². The Balaban J connectivity index is 1.69. The Morgan fingerprint density at radius 1 is 1.36 bits per heavy atom. The number of aryl methyl sites for hydroxylation is 1. The maximum Gasteiger partial charge on any atom is 0.269 e. The summed E-state index contributed by atoms with van der Waals surface area (Å²) in [6.45, 7) is 1.78. The van der Waals surface area contributed by atoms with Crippen LogP contribution in [0, 0.1) is 12.7 Å². The van der Waals surface area contributed by atoms with Crippen molar-refractivity contribution < 1.29 is 9.18 Å². The molecule has 0 aliphatic heterocycles. The molecule has 0 saturated carbocycles. The highest BCUT2D eigenvalue weighted by Gasteiger charge is 2.14. The summed E-state index contributed by atoms with van der Waals surface area (Å²) >= 11 is 2.55. The first kappa shape index (κ1) is 14.7. The van der Waals surface area contributed by atoms with Crippen LogP contribution in [0.15, 0.2) is 29.8 Å². The lowest BCUT2D eigenvalue weighted by Crippen LogP contribution is -2.11. The number of thiazole rings is 1. The summed E-state index contributed by atoms with van der Waals surface area (Å²) in [6.07, 6.45) is 0.477. The van der Waals surface area contributed by atoms with Crippen LogP contribution in [-0.2, 0) is 6.42 Å². The van der Waals surface area contributed by atoms with Gasteiger partial charge < -0.3 is 0 Å². The van der Waals surface area contributed by atoms with Crippen LogP contribution in [0.5, 0.6) is 0 Å². The summed E-state index contributed by atoms with van der Waals surface area (Å²) in [6, 6.07) is 6.33. The van der Waals surface area contributed by atoms with Gasteiger partial charge in [0.15, 0.2) is 0 Å². The minimum Gasteiger partial charge on any atom is -0.296 e. The van der Waals surface area contributed by atoms with Crippen molar-refractivity contribution in [3.63, 3.8) is 0 Å². The van der Waals surface area contributed by atoms with Crippen LogP contribution >= 0.6 is 22.7 Å². The SMILES string of the molecule is Cc1ncsc1C(=O)Nc1nnc(Cc2cccc(F)c2)s1. The predicted octanol–water partition coefficient (Wildman–Crippen LogP) is 3.29. The largest absolute Gasteiger partial charge is 0.296 e. The smallest absolute Gasteiger partial charge is 0.269 e. The van der Waals surface area contributed by atoms with E-state index in [-0.39, 0.29) is 11.7 Å². The molecule has 0 aliphatic rings. The lowest BCUT2D eigenvalue weighted by atomic mass is 10.1. The molecule has 1 aromatic carbocycles. The van der Waals surface area contributed by atoms with E-state index in [2.05, 4.69) is 20.5 Å². The average Bonchev–Trinajstić information content (AvgIpc) is 3.08. The summed E-state index contributed by atoms with van der Waals surface area (Å²) < 4.78 is 13.1. The molecule has 1 amide bonds. The predicted molar refractivity (Wildman–Crippen MR) is 83.9 cm³/mol. The van der Waals surface area contributed by atoms with Crippen molar-refractivity contribution in [2.24, 2.45) is 0 Å². The number of anilines is 1. The zero-order chi connectivity index (χ0) is 15.5. The monoisotopic (exact) mass is 334 g/mol. The highest BCUT2D eigenvalue weighted by molar-refractivity contribution is 7.15. The number of carbonyl (C=O) groups excluding carboxylic acids is 1. The molecule has 22 heavy (non-hydrogen) atoms. The fourth-order valence-corrected chi connectivity index (χ4v) is 3.34. The Kier molecular flexibility index (Phi) is 4.21. The summed E-state index contributed by atoms with van der Waals surface area (Å²) in [5, 5.41) is 11.8. The molecule has 2 heterocycles. The molecule has 0 atom stereocenters. The van der Waals surface area contributed by atoms with Gasteiger partial charge in [0.25, 0.3) is 5.91 Å². The molecule has 112 valence electrons. The summed E-state index contributed by atoms with van der Waals surface area (Å²) in [4.78, 5) is 16.7. The second-order valence-electron chi connectivity index (χ2n) is 4.53. The summed E-state index contributed by atoms with van der Waals surface area (Å²) in [7, 11) is 0. The maximum absolute atomic E-state index is 13.1. The van der Waals surface area contributed by atoms with E-state index in [1.54, 1.807) is 18.5 Å². The van der Waals surface area contributed by atoms with Gasteiger partial charge in [0.05, 0.1) is 11.2 Å². The van der Waals surface area contributed by atoms with Gasteiger partial charge in [-0.2, -0.15) is 0 Å². The Labute approximate surface area is 133 Å². The number of amides is 1. The van der Waals surface area contributed by atoms with Crippen LogP contribution in [0.1, 0.15) is 25.9 Å². The van der Waals surface area contributed by atoms with Gasteiger partial charge >= 0.3 is 0 Å². The zero-order valence-corrected chi connectivity index (χ0v) is 13.2. The third kappa shape index (κ3) is 3.34. The van der Waals surface area contributed by atoms with Gasteiger partial charge in [-0.15, -0.1) is 21.5 Å². The molecule has 0 saturated heterocycles. The third-order valence-electron chi connectivity index (χ3n) is 2.88. The first-order valence-electron chi connectivity index (χ1n) is 6.40. The molecule has 0 spiro atoms. The van der Waals surface area contributed by atoms with E-state index in [0.717, 1.165) is 5.56 Å². The van der Waals surface area contributed by atoms with Crippen LogP contribution < -0.4 is 5.32 Å². The Morgan fingerprint density at radius 3 is 2.95 bits per heavy atom. The molecule has 3 rings (SSSR count). The Bertz CT molecular complexity index is 815. The van der Waals surface area contributed by atoms with Gasteiger partial charge in [0.1, 0.15) is 15.7 Å². The van der Waals surface area contributed by atoms with Crippen LogP contribution in [0.2, 0.25) is 0 Å². The fraction of sp³-hybridized carbons (Fsp3) is 0.143. The summed E-state index contributed by atoms with van der Waals surface area (Å²) in [5.41, 5.74) is 3.12. The fourth-order valence-electron chi connectivity index (χ4n) is 1.87. The first-order valence-corrected chi connectivity index (χ1v) is 8.09. The van der Waals surface area contributed by atoms with Gasteiger partial charge in [-0.1, -0.05) is 23.5 Å². The second-order valence-corrected chi connectivity index (χ2v) is 6.45. The van der Waals surface area contributed by atoms with E-state index < -0.39 is 0 Å². The number of rotatable bonds is 4. The number of hydrogen-bond acceptors (Lipinski definition) is 6. The highest BCUT2D eigenvalue weighted by atomic mass is 32.1. The van der Waals surface area contributed by atoms with Gasteiger partial charge in [0.2, 0.25) is 5.13 Å². The molecule has 3 aromatic rings. The number of nitrogens with zero attached hydrogens (tertiary/aromatic N) is 3. The first-order chi connectivity index (χ1) is 10.6. The van der Waals surface area contributed by atoms with Crippen LogP contribution in [0.4, 0.5) is 9.52 Å². The molecular formula is C14H11FN4OS2. The zero-order valence-electron chi connectivity index (χ0n) is 11.5. The van der Waals surface area contributed by atoms with Crippen molar-refractivity contribution in [2.75, 3.05) is 5.32 Å². The Morgan fingerprint density at radius 2 is 2.23 bits per heavy atom. The lowest BCUT2D eigenvalue weighted by Gasteiger charge is -1.98. The molecule has 0 aliphatic carbocycles. The van der Waals surface area contributed by atoms with Crippen molar-refractivity contribution in [3.8, 4) is 0 Å². The molecule has 2 aromatic heterocycles. The standard InChI is InChI=1S/C14H11FN4OS2/c1-8-12(21-7-16-8)13(20)17-14-19-18-11(22-14)6-9-3-2-4-10(15)5-9/h2-5,7H,6H2,1H3,(H,17,19,20). The molecule has 0 fully saturated rings. The highest BCUT2D eigenvalue weighted by Crippen LogP contribution is 2.21. The van der Waals surface area contributed by atoms with Crippen LogP contribution in [-0.4, -0.2) is 21.1 Å². The topological polar surface area (TPSA) is 67.8 Å². The molecule has 0 unspecified atom stereocenters. The quantitative estimate of drug-likeness (QED) is 0.795. The number of hydrogen-bond donors (Lipinski definition) is 1. The van der Waals surface area contributed by atoms with Crippen LogP contribution in [0.25, 0.3) is 0 Å². The van der Waals surface area contributed by atoms with E-state index >= 15 is 0 Å². The van der Waals surface area contributed by atoms with Crippen molar-refractivity contribution in [3.05, 3.63) is 56.7 Å². The van der Waals surface area contributed by atoms with E-state index in [9.17, 15) is 9.18 Å². The minimum atomic E-state index is -0.281. The minimum absolute atomic E-state index is 0.242. The van der Waals surface area contributed by atoms with Crippen molar-refractivity contribution in [1.82, 2.24) is 15.2 Å². The number of nitrogens with one attached hydrogen (secondary N) is 1. The number of carbonyl (C=O) groups is 1. The molecule has 5 nitrogen and oxygen atoms in total. The average molecular weight is 334 g/mol. The number of aromatic nitrogens is 3. The molecule has 1 N–H and O–H groups in total. The van der Waals surface area contributed by atoms with E-state index in [4.69, 9.17) is 0 Å². The summed E-state index contributed by atoms with van der Waals surface area (Å²) in [5.74, 6) is -0.523. The van der Waals surface area contributed by atoms with Crippen LogP contribution in [0.3, 0.4) is 0 Å². The Hall–Kier alpha value is -2.19. The molecule has 8 heteroatoms. The van der Waals surface area contributed by atoms with E-state index in [1.165, 1.54) is 34.8 Å². The van der Waals surface area contributed by atoms with Gasteiger partial charge in [-0.3, -0.25) is 10.1 Å². The number of halogens is 1. The van der Waals surface area contributed by atoms with Crippen molar-refractivity contribution in [1.29, 1.82) is 0 Å². The normalized spacial score (nSPS) is 10.6. The molecular weight excluding hydrogens is 323 g/mol. The van der Waals surface area contributed by atoms with Gasteiger partial charge in [-0.05, 0) is 24.6 Å². The maximum atomic E-state index is 13.1. The number of benzene rings is 1. The van der Waals surface area contributed by atoms with Crippen molar-refractivity contribution >= 4 is 33.7 Å². The van der Waals surface area contributed by atoms with E-state index in [0.29, 0.717) is 27.1 Å². The van der Waals surface area contributed by atoms with Gasteiger partial charge in [0, 0.05) is 6.42 Å². The lowest BCUT2D eigenvalue weighted by molar-refractivity contribution is 0.102.